The van der Waals surface area contributed by atoms with Crippen molar-refractivity contribution in [3.8, 4) is 17.0 Å². The van der Waals surface area contributed by atoms with Crippen LogP contribution in [0.3, 0.4) is 0 Å². The van der Waals surface area contributed by atoms with E-state index in [9.17, 15) is 18.0 Å². The van der Waals surface area contributed by atoms with E-state index >= 15 is 0 Å². The van der Waals surface area contributed by atoms with Crippen LogP contribution in [0.1, 0.15) is 32.3 Å². The second-order valence-electron chi connectivity index (χ2n) is 7.51. The van der Waals surface area contributed by atoms with Crippen LogP contribution in [-0.4, -0.2) is 39.8 Å². The number of benzene rings is 1. The lowest BCUT2D eigenvalue weighted by atomic mass is 10.1. The summed E-state index contributed by atoms with van der Waals surface area (Å²) in [6.07, 6.45) is -5.16. The largest absolute Gasteiger partial charge is 0.497 e. The predicted octanol–water partition coefficient (Wildman–Crippen LogP) is 4.33. The molecule has 2 heterocycles. The topological polar surface area (TPSA) is 56.6 Å². The van der Waals surface area contributed by atoms with Gasteiger partial charge >= 0.3 is 12.3 Å². The van der Waals surface area contributed by atoms with E-state index in [4.69, 9.17) is 9.47 Å². The first-order valence-corrected chi connectivity index (χ1v) is 8.78. The van der Waals surface area contributed by atoms with Crippen LogP contribution >= 0.6 is 0 Å². The zero-order chi connectivity index (χ0) is 20.7. The predicted molar refractivity (Wildman–Crippen MR) is 95.9 cm³/mol. The molecule has 0 saturated heterocycles. The van der Waals surface area contributed by atoms with Gasteiger partial charge in [0.2, 0.25) is 5.82 Å². The normalized spacial score (nSPS) is 14.6. The van der Waals surface area contributed by atoms with Crippen molar-refractivity contribution in [2.45, 2.75) is 45.6 Å². The summed E-state index contributed by atoms with van der Waals surface area (Å²) in [6.45, 7) is 5.29. The first-order valence-electron chi connectivity index (χ1n) is 8.78. The summed E-state index contributed by atoms with van der Waals surface area (Å²) >= 11 is 0. The zero-order valence-corrected chi connectivity index (χ0v) is 16.1. The maximum Gasteiger partial charge on any atom is 0.449 e. The van der Waals surface area contributed by atoms with Crippen LogP contribution in [0.15, 0.2) is 24.3 Å². The number of fused-ring (bicyclic) bond motifs is 1. The maximum atomic E-state index is 13.5. The fraction of sp³-hybridized carbons (Fsp3) is 0.474. The summed E-state index contributed by atoms with van der Waals surface area (Å²) in [6, 6.07) is 6.67. The van der Waals surface area contributed by atoms with Crippen LogP contribution in [0.4, 0.5) is 18.0 Å². The minimum atomic E-state index is -4.60. The Hall–Kier alpha value is -2.71. The molecule has 1 aromatic heterocycles. The molecule has 0 unspecified atom stereocenters. The van der Waals surface area contributed by atoms with Gasteiger partial charge in [0.25, 0.3) is 0 Å². The molecule has 1 amide bonds. The molecular formula is C19H22F3N3O3. The number of alkyl halides is 3. The Bertz CT molecular complexity index is 885. The lowest BCUT2D eigenvalue weighted by Gasteiger charge is -2.31. The number of carbonyl (C=O) groups is 1. The fourth-order valence-electron chi connectivity index (χ4n) is 3.07. The Morgan fingerprint density at radius 2 is 1.89 bits per heavy atom. The molecule has 0 aliphatic carbocycles. The molecule has 0 N–H and O–H groups in total. The van der Waals surface area contributed by atoms with Gasteiger partial charge in [-0.15, -0.1) is 0 Å². The van der Waals surface area contributed by atoms with Crippen LogP contribution in [0.5, 0.6) is 5.75 Å². The van der Waals surface area contributed by atoms with Crippen molar-refractivity contribution in [2.75, 3.05) is 13.7 Å². The molecule has 2 aromatic rings. The van der Waals surface area contributed by atoms with E-state index in [1.165, 1.54) is 12.0 Å². The summed E-state index contributed by atoms with van der Waals surface area (Å²) in [5.41, 5.74) is 0.295. The molecule has 28 heavy (non-hydrogen) atoms. The highest BCUT2D eigenvalue weighted by atomic mass is 19.4. The van der Waals surface area contributed by atoms with Gasteiger partial charge in [0.1, 0.15) is 11.4 Å². The number of hydrogen-bond acceptors (Lipinski definition) is 4. The Morgan fingerprint density at radius 1 is 1.18 bits per heavy atom. The molecule has 1 aliphatic rings. The van der Waals surface area contributed by atoms with Crippen LogP contribution in [0, 0.1) is 0 Å². The molecule has 0 saturated carbocycles. The van der Waals surface area contributed by atoms with Crippen molar-refractivity contribution in [1.82, 2.24) is 14.5 Å². The fourth-order valence-corrected chi connectivity index (χ4v) is 3.07. The van der Waals surface area contributed by atoms with Gasteiger partial charge in [-0.25, -0.2) is 9.78 Å². The van der Waals surface area contributed by atoms with Crippen molar-refractivity contribution >= 4 is 6.09 Å². The Kier molecular flexibility index (Phi) is 5.03. The van der Waals surface area contributed by atoms with E-state index in [1.54, 1.807) is 45.0 Å². The average molecular weight is 397 g/mol. The van der Waals surface area contributed by atoms with Crippen molar-refractivity contribution in [1.29, 1.82) is 0 Å². The van der Waals surface area contributed by atoms with E-state index in [0.29, 0.717) is 17.0 Å². The van der Waals surface area contributed by atoms with Gasteiger partial charge < -0.3 is 18.9 Å². The van der Waals surface area contributed by atoms with Gasteiger partial charge in [0, 0.05) is 18.7 Å². The quantitative estimate of drug-likeness (QED) is 0.757. The van der Waals surface area contributed by atoms with E-state index in [1.807, 2.05) is 0 Å². The third-order valence-electron chi connectivity index (χ3n) is 4.26. The Labute approximate surface area is 160 Å². The van der Waals surface area contributed by atoms with Gasteiger partial charge in [0.15, 0.2) is 0 Å². The van der Waals surface area contributed by atoms with Gasteiger partial charge in [-0.1, -0.05) is 12.1 Å². The molecule has 6 nitrogen and oxygen atoms in total. The van der Waals surface area contributed by atoms with Gasteiger partial charge in [-0.2, -0.15) is 13.2 Å². The summed E-state index contributed by atoms with van der Waals surface area (Å²) in [5.74, 6) is -0.461. The van der Waals surface area contributed by atoms with Gasteiger partial charge in [-0.3, -0.25) is 0 Å². The van der Waals surface area contributed by atoms with Crippen molar-refractivity contribution in [3.05, 3.63) is 35.8 Å². The summed E-state index contributed by atoms with van der Waals surface area (Å²) in [7, 11) is 1.48. The molecular weight excluding hydrogens is 375 g/mol. The molecule has 0 spiro atoms. The molecule has 0 fully saturated rings. The van der Waals surface area contributed by atoms with Gasteiger partial charge in [-0.05, 0) is 32.9 Å². The SMILES string of the molecule is COc1cccc(-c2nc(C(F)(F)F)n3c2CN(C(=O)OC(C)(C)C)CC3)c1. The number of imidazole rings is 1. The van der Waals surface area contributed by atoms with Crippen molar-refractivity contribution < 1.29 is 27.4 Å². The van der Waals surface area contributed by atoms with E-state index in [0.717, 1.165) is 4.57 Å². The molecule has 0 radical (unpaired) electrons. The lowest BCUT2D eigenvalue weighted by molar-refractivity contribution is -0.147. The minimum absolute atomic E-state index is 0.0135. The highest BCUT2D eigenvalue weighted by Crippen LogP contribution is 2.36. The van der Waals surface area contributed by atoms with Crippen molar-refractivity contribution in [2.24, 2.45) is 0 Å². The standard InChI is InChI=1S/C19H22F3N3O3/c1-18(2,3)28-17(26)24-8-9-25-14(11-24)15(23-16(25)19(20,21)22)12-6-5-7-13(10-12)27-4/h5-7,10H,8-9,11H2,1-4H3. The number of halogens is 3. The lowest BCUT2D eigenvalue weighted by Crippen LogP contribution is -2.42. The number of methoxy groups -OCH3 is 1. The zero-order valence-electron chi connectivity index (χ0n) is 16.1. The minimum Gasteiger partial charge on any atom is -0.497 e. The molecule has 9 heteroatoms. The Morgan fingerprint density at radius 3 is 2.50 bits per heavy atom. The average Bonchev–Trinajstić information content (AvgIpc) is 2.99. The molecule has 3 rings (SSSR count). The monoisotopic (exact) mass is 397 g/mol. The summed E-state index contributed by atoms with van der Waals surface area (Å²) in [5, 5.41) is 0. The Balaban J connectivity index is 2.03. The molecule has 1 aliphatic heterocycles. The summed E-state index contributed by atoms with van der Waals surface area (Å²) < 4.78 is 52.2. The van der Waals surface area contributed by atoms with E-state index in [2.05, 4.69) is 4.98 Å². The summed E-state index contributed by atoms with van der Waals surface area (Å²) in [4.78, 5) is 17.7. The highest BCUT2D eigenvalue weighted by molar-refractivity contribution is 5.70. The number of nitrogens with zero attached hydrogens (tertiary/aromatic N) is 3. The van der Waals surface area contributed by atoms with Crippen LogP contribution in [-0.2, 0) is 24.0 Å². The van der Waals surface area contributed by atoms with Crippen LogP contribution in [0.2, 0.25) is 0 Å². The number of hydrogen-bond donors (Lipinski definition) is 0. The third kappa shape index (κ3) is 4.07. The number of ether oxygens (including phenoxy) is 2. The highest BCUT2D eigenvalue weighted by Gasteiger charge is 2.41. The first-order chi connectivity index (χ1) is 13.0. The number of aromatic nitrogens is 2. The van der Waals surface area contributed by atoms with Crippen molar-refractivity contribution in [3.63, 3.8) is 0 Å². The number of carbonyl (C=O) groups excluding carboxylic acids is 1. The number of rotatable bonds is 2. The molecule has 1 aromatic carbocycles. The molecule has 0 atom stereocenters. The first kappa shape index (κ1) is 20.0. The van der Waals surface area contributed by atoms with E-state index in [-0.39, 0.29) is 25.3 Å². The molecule has 0 bridgehead atoms. The second-order valence-corrected chi connectivity index (χ2v) is 7.51. The maximum absolute atomic E-state index is 13.5. The van der Waals surface area contributed by atoms with E-state index < -0.39 is 23.7 Å². The smallest absolute Gasteiger partial charge is 0.449 e. The van der Waals surface area contributed by atoms with Crippen LogP contribution in [0.25, 0.3) is 11.3 Å². The second kappa shape index (κ2) is 7.03. The third-order valence-corrected chi connectivity index (χ3v) is 4.26. The van der Waals surface area contributed by atoms with Gasteiger partial charge in [0.05, 0.1) is 25.0 Å². The molecule has 152 valence electrons. The number of amides is 1. The van der Waals surface area contributed by atoms with Crippen LogP contribution < -0.4 is 4.74 Å².